The van der Waals surface area contributed by atoms with Crippen molar-refractivity contribution in [2.24, 2.45) is 5.41 Å². The molecule has 0 aromatic carbocycles. The zero-order valence-electron chi connectivity index (χ0n) is 10.1. The predicted molar refractivity (Wildman–Crippen MR) is 61.1 cm³/mol. The van der Waals surface area contributed by atoms with Crippen molar-refractivity contribution >= 4 is 5.91 Å². The molecule has 82 valence electrons. The van der Waals surface area contributed by atoms with Crippen LogP contribution in [0.1, 0.15) is 47.5 Å². The molecule has 0 radical (unpaired) electrons. The number of nitrogens with one attached hydrogen (secondary N) is 1. The van der Waals surface area contributed by atoms with Gasteiger partial charge in [0, 0.05) is 5.54 Å². The van der Waals surface area contributed by atoms with Crippen molar-refractivity contribution in [1.29, 1.82) is 0 Å². The van der Waals surface area contributed by atoms with Gasteiger partial charge in [-0.25, -0.2) is 0 Å². The van der Waals surface area contributed by atoms with E-state index in [-0.39, 0.29) is 16.9 Å². The van der Waals surface area contributed by atoms with Crippen LogP contribution in [0.25, 0.3) is 0 Å². The summed E-state index contributed by atoms with van der Waals surface area (Å²) in [5, 5.41) is 2.94. The molecule has 0 aromatic heterocycles. The summed E-state index contributed by atoms with van der Waals surface area (Å²) in [6.45, 7) is 14.2. The standard InChI is InChI=1S/C12H23NO/c1-7-10(14)13-12(5,6)9-11(3,4)8-2/h7H,1,8-9H2,2-6H3,(H,13,14). The van der Waals surface area contributed by atoms with Crippen LogP contribution in [0, 0.1) is 5.41 Å². The molecule has 0 atom stereocenters. The molecular weight excluding hydrogens is 174 g/mol. The summed E-state index contributed by atoms with van der Waals surface area (Å²) >= 11 is 0. The third-order valence-electron chi connectivity index (χ3n) is 2.52. The summed E-state index contributed by atoms with van der Waals surface area (Å²) < 4.78 is 0. The summed E-state index contributed by atoms with van der Waals surface area (Å²) in [6, 6.07) is 0. The van der Waals surface area contributed by atoms with Crippen LogP contribution in [0.2, 0.25) is 0 Å². The maximum Gasteiger partial charge on any atom is 0.243 e. The van der Waals surface area contributed by atoms with Gasteiger partial charge in [-0.05, 0) is 31.8 Å². The van der Waals surface area contributed by atoms with Gasteiger partial charge in [0.25, 0.3) is 0 Å². The smallest absolute Gasteiger partial charge is 0.243 e. The lowest BCUT2D eigenvalue weighted by molar-refractivity contribution is -0.118. The van der Waals surface area contributed by atoms with E-state index in [1.165, 1.54) is 6.08 Å². The van der Waals surface area contributed by atoms with Crippen molar-refractivity contribution in [2.45, 2.75) is 53.0 Å². The first kappa shape index (κ1) is 13.2. The van der Waals surface area contributed by atoms with Crippen LogP contribution in [0.15, 0.2) is 12.7 Å². The number of hydrogen-bond acceptors (Lipinski definition) is 1. The van der Waals surface area contributed by atoms with E-state index in [0.29, 0.717) is 0 Å². The first-order valence-electron chi connectivity index (χ1n) is 5.17. The predicted octanol–water partition coefficient (Wildman–Crippen LogP) is 2.89. The minimum absolute atomic E-state index is 0.0955. The van der Waals surface area contributed by atoms with Crippen LogP contribution in [0.4, 0.5) is 0 Å². The summed E-state index contributed by atoms with van der Waals surface area (Å²) in [6.07, 6.45) is 3.40. The maximum absolute atomic E-state index is 11.2. The molecule has 0 bridgehead atoms. The third-order valence-corrected chi connectivity index (χ3v) is 2.52. The second kappa shape index (κ2) is 4.63. The maximum atomic E-state index is 11.2. The van der Waals surface area contributed by atoms with Crippen LogP contribution in [0.5, 0.6) is 0 Å². The van der Waals surface area contributed by atoms with Gasteiger partial charge in [-0.3, -0.25) is 4.79 Å². The highest BCUT2D eigenvalue weighted by atomic mass is 16.1. The molecule has 0 saturated carbocycles. The SMILES string of the molecule is C=CC(=O)NC(C)(C)CC(C)(C)CC. The van der Waals surface area contributed by atoms with E-state index < -0.39 is 0 Å². The number of amides is 1. The monoisotopic (exact) mass is 197 g/mol. The fraction of sp³-hybridized carbons (Fsp3) is 0.750. The molecule has 14 heavy (non-hydrogen) atoms. The molecule has 0 aliphatic rings. The Morgan fingerprint density at radius 1 is 1.36 bits per heavy atom. The normalized spacial score (nSPS) is 12.4. The van der Waals surface area contributed by atoms with E-state index in [1.54, 1.807) is 0 Å². The molecule has 0 spiro atoms. The van der Waals surface area contributed by atoms with Gasteiger partial charge in [-0.2, -0.15) is 0 Å². The van der Waals surface area contributed by atoms with E-state index in [4.69, 9.17) is 0 Å². The lowest BCUT2D eigenvalue weighted by atomic mass is 9.78. The van der Waals surface area contributed by atoms with E-state index in [9.17, 15) is 4.79 Å². The molecule has 0 heterocycles. The van der Waals surface area contributed by atoms with Crippen molar-refractivity contribution in [3.05, 3.63) is 12.7 Å². The molecule has 0 fully saturated rings. The van der Waals surface area contributed by atoms with Gasteiger partial charge in [0.2, 0.25) is 5.91 Å². The Morgan fingerprint density at radius 2 is 1.86 bits per heavy atom. The highest BCUT2D eigenvalue weighted by Crippen LogP contribution is 2.30. The molecule has 2 nitrogen and oxygen atoms in total. The minimum atomic E-state index is -0.162. The molecule has 0 aromatic rings. The fourth-order valence-corrected chi connectivity index (χ4v) is 1.75. The zero-order chi connectivity index (χ0) is 11.4. The summed E-state index contributed by atoms with van der Waals surface area (Å²) in [7, 11) is 0. The largest absolute Gasteiger partial charge is 0.348 e. The van der Waals surface area contributed by atoms with Crippen LogP contribution in [0.3, 0.4) is 0 Å². The van der Waals surface area contributed by atoms with Crippen LogP contribution in [-0.4, -0.2) is 11.4 Å². The fourth-order valence-electron chi connectivity index (χ4n) is 1.75. The summed E-state index contributed by atoms with van der Waals surface area (Å²) in [5.74, 6) is -0.0955. The van der Waals surface area contributed by atoms with E-state index >= 15 is 0 Å². The molecule has 0 unspecified atom stereocenters. The lowest BCUT2D eigenvalue weighted by Gasteiger charge is -2.34. The van der Waals surface area contributed by atoms with Gasteiger partial charge in [0.05, 0.1) is 0 Å². The summed E-state index contributed by atoms with van der Waals surface area (Å²) in [4.78, 5) is 11.2. The highest BCUT2D eigenvalue weighted by Gasteiger charge is 2.28. The minimum Gasteiger partial charge on any atom is -0.348 e. The average molecular weight is 197 g/mol. The van der Waals surface area contributed by atoms with E-state index in [2.05, 4.69) is 32.7 Å². The third kappa shape index (κ3) is 5.05. The molecule has 0 rings (SSSR count). The van der Waals surface area contributed by atoms with Gasteiger partial charge in [-0.15, -0.1) is 0 Å². The van der Waals surface area contributed by atoms with Crippen molar-refractivity contribution in [2.75, 3.05) is 0 Å². The van der Waals surface area contributed by atoms with E-state index in [1.807, 2.05) is 13.8 Å². The van der Waals surface area contributed by atoms with E-state index in [0.717, 1.165) is 12.8 Å². The van der Waals surface area contributed by atoms with Gasteiger partial charge in [0.15, 0.2) is 0 Å². The molecule has 0 aliphatic heterocycles. The van der Waals surface area contributed by atoms with Crippen molar-refractivity contribution < 1.29 is 4.79 Å². The van der Waals surface area contributed by atoms with Gasteiger partial charge in [0.1, 0.15) is 0 Å². The quantitative estimate of drug-likeness (QED) is 0.675. The first-order valence-corrected chi connectivity index (χ1v) is 5.17. The van der Waals surface area contributed by atoms with Crippen LogP contribution < -0.4 is 5.32 Å². The summed E-state index contributed by atoms with van der Waals surface area (Å²) in [5.41, 5.74) is 0.0999. The second-order valence-electron chi connectivity index (χ2n) is 5.27. The Hall–Kier alpha value is -0.790. The molecule has 1 amide bonds. The molecule has 0 saturated heterocycles. The Morgan fingerprint density at radius 3 is 2.21 bits per heavy atom. The Labute approximate surface area is 87.8 Å². The van der Waals surface area contributed by atoms with Crippen molar-refractivity contribution in [3.8, 4) is 0 Å². The van der Waals surface area contributed by atoms with Gasteiger partial charge < -0.3 is 5.32 Å². The molecule has 2 heteroatoms. The van der Waals surface area contributed by atoms with Gasteiger partial charge in [-0.1, -0.05) is 33.8 Å². The Kier molecular flexibility index (Phi) is 4.37. The average Bonchev–Trinajstić information content (AvgIpc) is 2.01. The number of rotatable bonds is 5. The Balaban J connectivity index is 4.33. The topological polar surface area (TPSA) is 29.1 Å². The number of carbonyl (C=O) groups is 1. The zero-order valence-corrected chi connectivity index (χ0v) is 10.1. The van der Waals surface area contributed by atoms with Crippen LogP contribution >= 0.6 is 0 Å². The first-order chi connectivity index (χ1) is 6.22. The molecule has 0 aliphatic carbocycles. The molecule has 1 N–H and O–H groups in total. The van der Waals surface area contributed by atoms with Gasteiger partial charge >= 0.3 is 0 Å². The Bertz CT molecular complexity index is 216. The molecular formula is C12H23NO. The second-order valence-corrected chi connectivity index (χ2v) is 5.27. The lowest BCUT2D eigenvalue weighted by Crippen LogP contribution is -2.45. The van der Waals surface area contributed by atoms with Crippen LogP contribution in [-0.2, 0) is 4.79 Å². The number of hydrogen-bond donors (Lipinski definition) is 1. The highest BCUT2D eigenvalue weighted by molar-refractivity contribution is 5.87. The number of carbonyl (C=O) groups excluding carboxylic acids is 1. The van der Waals surface area contributed by atoms with Crippen molar-refractivity contribution in [3.63, 3.8) is 0 Å². The van der Waals surface area contributed by atoms with Crippen molar-refractivity contribution in [1.82, 2.24) is 5.32 Å².